The van der Waals surface area contributed by atoms with Gasteiger partial charge in [0.05, 0.1) is 4.92 Å². The summed E-state index contributed by atoms with van der Waals surface area (Å²) in [5.41, 5.74) is 0.167. The van der Waals surface area contributed by atoms with Crippen LogP contribution in [-0.4, -0.2) is 22.5 Å². The first-order valence-electron chi connectivity index (χ1n) is 7.60. The highest BCUT2D eigenvalue weighted by Crippen LogP contribution is 2.38. The van der Waals surface area contributed by atoms with Crippen LogP contribution in [0.4, 0.5) is 17.3 Å². The summed E-state index contributed by atoms with van der Waals surface area (Å²) in [6, 6.07) is 3.39. The van der Waals surface area contributed by atoms with Crippen LogP contribution in [0.5, 0.6) is 0 Å². The maximum Gasteiger partial charge on any atom is 0.311 e. The van der Waals surface area contributed by atoms with Gasteiger partial charge < -0.3 is 10.6 Å². The number of aromatic nitrogens is 1. The van der Waals surface area contributed by atoms with Crippen molar-refractivity contribution in [1.29, 1.82) is 0 Å². The molecule has 1 atom stereocenters. The average Bonchev–Trinajstić information content (AvgIpc) is 2.41. The van der Waals surface area contributed by atoms with E-state index in [9.17, 15) is 10.1 Å². The van der Waals surface area contributed by atoms with Crippen molar-refractivity contribution in [3.05, 3.63) is 22.2 Å². The number of nitro groups is 1. The van der Waals surface area contributed by atoms with Crippen LogP contribution < -0.4 is 10.6 Å². The second-order valence-electron chi connectivity index (χ2n) is 6.28. The second-order valence-corrected chi connectivity index (χ2v) is 6.28. The SMILES string of the molecule is CCNc1ccc([N+](=O)[O-])c(NC2CCCCC2(C)C)n1. The summed E-state index contributed by atoms with van der Waals surface area (Å²) in [6.45, 7) is 7.13. The normalized spacial score (nSPS) is 20.8. The maximum absolute atomic E-state index is 11.2. The smallest absolute Gasteiger partial charge is 0.311 e. The third-order valence-electron chi connectivity index (χ3n) is 4.25. The zero-order chi connectivity index (χ0) is 15.5. The van der Waals surface area contributed by atoms with Gasteiger partial charge in [-0.2, -0.15) is 0 Å². The number of pyridine rings is 1. The van der Waals surface area contributed by atoms with Crippen LogP contribution in [0.3, 0.4) is 0 Å². The molecule has 1 fully saturated rings. The molecule has 1 aliphatic carbocycles. The van der Waals surface area contributed by atoms with E-state index in [1.54, 1.807) is 6.07 Å². The van der Waals surface area contributed by atoms with Gasteiger partial charge in [-0.3, -0.25) is 10.1 Å². The number of nitrogens with zero attached hydrogens (tertiary/aromatic N) is 2. The third kappa shape index (κ3) is 3.62. The van der Waals surface area contributed by atoms with E-state index < -0.39 is 0 Å². The summed E-state index contributed by atoms with van der Waals surface area (Å²) in [5, 5.41) is 17.6. The Balaban J connectivity index is 2.27. The highest BCUT2D eigenvalue weighted by Gasteiger charge is 2.33. The molecule has 1 heterocycles. The Morgan fingerprint density at radius 2 is 2.19 bits per heavy atom. The quantitative estimate of drug-likeness (QED) is 0.637. The van der Waals surface area contributed by atoms with E-state index in [2.05, 4.69) is 29.5 Å². The largest absolute Gasteiger partial charge is 0.370 e. The Morgan fingerprint density at radius 1 is 1.43 bits per heavy atom. The number of hydrogen-bond acceptors (Lipinski definition) is 5. The van der Waals surface area contributed by atoms with Crippen molar-refractivity contribution >= 4 is 17.3 Å². The molecule has 2 rings (SSSR count). The van der Waals surface area contributed by atoms with Gasteiger partial charge in [0, 0.05) is 18.7 Å². The van der Waals surface area contributed by atoms with E-state index in [0.29, 0.717) is 11.6 Å². The van der Waals surface area contributed by atoms with Gasteiger partial charge in [-0.15, -0.1) is 0 Å². The predicted molar refractivity (Wildman–Crippen MR) is 84.7 cm³/mol. The lowest BCUT2D eigenvalue weighted by Gasteiger charge is -2.39. The third-order valence-corrected chi connectivity index (χ3v) is 4.25. The first-order valence-corrected chi connectivity index (χ1v) is 7.60. The lowest BCUT2D eigenvalue weighted by atomic mass is 9.73. The molecule has 0 aromatic carbocycles. The van der Waals surface area contributed by atoms with Crippen LogP contribution in [0.25, 0.3) is 0 Å². The molecule has 0 spiro atoms. The van der Waals surface area contributed by atoms with Crippen molar-refractivity contribution in [2.45, 2.75) is 52.5 Å². The molecule has 0 amide bonds. The molecule has 1 aliphatic rings. The first-order chi connectivity index (χ1) is 9.94. The number of anilines is 2. The van der Waals surface area contributed by atoms with E-state index in [1.165, 1.54) is 12.5 Å². The summed E-state index contributed by atoms with van der Waals surface area (Å²) in [4.78, 5) is 15.2. The number of hydrogen-bond donors (Lipinski definition) is 2. The summed E-state index contributed by atoms with van der Waals surface area (Å²) >= 11 is 0. The minimum Gasteiger partial charge on any atom is -0.370 e. The highest BCUT2D eigenvalue weighted by molar-refractivity contribution is 5.60. The summed E-state index contributed by atoms with van der Waals surface area (Å²) < 4.78 is 0. The Hall–Kier alpha value is -1.85. The second kappa shape index (κ2) is 6.28. The lowest BCUT2D eigenvalue weighted by molar-refractivity contribution is -0.384. The fraction of sp³-hybridized carbons (Fsp3) is 0.667. The lowest BCUT2D eigenvalue weighted by Crippen LogP contribution is -2.39. The standard InChI is InChI=1S/C15H24N4O2/c1-4-16-13-9-8-11(19(20)21)14(18-13)17-12-7-5-6-10-15(12,2)3/h8-9,12H,4-7,10H2,1-3H3,(H2,16,17,18). The van der Waals surface area contributed by atoms with E-state index in [0.717, 1.165) is 25.8 Å². The topological polar surface area (TPSA) is 80.1 Å². The molecule has 1 saturated carbocycles. The zero-order valence-corrected chi connectivity index (χ0v) is 13.0. The zero-order valence-electron chi connectivity index (χ0n) is 13.0. The Kier molecular flexibility index (Phi) is 4.65. The molecule has 6 heteroatoms. The number of nitrogens with one attached hydrogen (secondary N) is 2. The van der Waals surface area contributed by atoms with Crippen molar-refractivity contribution in [3.8, 4) is 0 Å². The van der Waals surface area contributed by atoms with E-state index in [4.69, 9.17) is 0 Å². The van der Waals surface area contributed by atoms with Gasteiger partial charge in [0.1, 0.15) is 5.82 Å². The van der Waals surface area contributed by atoms with Gasteiger partial charge in [0.15, 0.2) is 0 Å². The Labute approximate surface area is 125 Å². The molecule has 6 nitrogen and oxygen atoms in total. The van der Waals surface area contributed by atoms with E-state index >= 15 is 0 Å². The monoisotopic (exact) mass is 292 g/mol. The molecular weight excluding hydrogens is 268 g/mol. The Morgan fingerprint density at radius 3 is 2.81 bits per heavy atom. The van der Waals surface area contributed by atoms with Crippen molar-refractivity contribution in [2.75, 3.05) is 17.2 Å². The molecule has 0 radical (unpaired) electrons. The van der Waals surface area contributed by atoms with Crippen LogP contribution in [0.2, 0.25) is 0 Å². The maximum atomic E-state index is 11.2. The average molecular weight is 292 g/mol. The van der Waals surface area contributed by atoms with Crippen LogP contribution in [0.15, 0.2) is 12.1 Å². The van der Waals surface area contributed by atoms with E-state index in [1.807, 2.05) is 6.92 Å². The van der Waals surface area contributed by atoms with Gasteiger partial charge in [0.25, 0.3) is 0 Å². The predicted octanol–water partition coefficient (Wildman–Crippen LogP) is 3.80. The first kappa shape index (κ1) is 15.5. The molecule has 1 aromatic rings. The molecule has 1 unspecified atom stereocenters. The number of rotatable bonds is 5. The molecule has 2 N–H and O–H groups in total. The van der Waals surface area contributed by atoms with Crippen LogP contribution in [0, 0.1) is 15.5 Å². The summed E-state index contributed by atoms with van der Waals surface area (Å²) in [5.74, 6) is 1.04. The van der Waals surface area contributed by atoms with Crippen molar-refractivity contribution < 1.29 is 4.92 Å². The van der Waals surface area contributed by atoms with Crippen molar-refractivity contribution in [2.24, 2.45) is 5.41 Å². The highest BCUT2D eigenvalue weighted by atomic mass is 16.6. The molecule has 1 aromatic heterocycles. The van der Waals surface area contributed by atoms with Crippen LogP contribution >= 0.6 is 0 Å². The molecular formula is C15H24N4O2. The molecule has 0 bridgehead atoms. The fourth-order valence-corrected chi connectivity index (χ4v) is 2.91. The molecule has 0 saturated heterocycles. The minimum absolute atomic E-state index is 0.0398. The van der Waals surface area contributed by atoms with Gasteiger partial charge in [-0.05, 0) is 31.2 Å². The summed E-state index contributed by atoms with van der Waals surface area (Å²) in [7, 11) is 0. The van der Waals surface area contributed by atoms with Crippen molar-refractivity contribution in [1.82, 2.24) is 4.98 Å². The van der Waals surface area contributed by atoms with Crippen LogP contribution in [-0.2, 0) is 0 Å². The van der Waals surface area contributed by atoms with Crippen molar-refractivity contribution in [3.63, 3.8) is 0 Å². The van der Waals surface area contributed by atoms with Crippen LogP contribution in [0.1, 0.15) is 46.5 Å². The van der Waals surface area contributed by atoms with Gasteiger partial charge in [0.2, 0.25) is 5.82 Å². The molecule has 116 valence electrons. The molecule has 21 heavy (non-hydrogen) atoms. The van der Waals surface area contributed by atoms with E-state index in [-0.39, 0.29) is 22.1 Å². The summed E-state index contributed by atoms with van der Waals surface area (Å²) in [6.07, 6.45) is 4.53. The minimum atomic E-state index is -0.374. The van der Waals surface area contributed by atoms with Gasteiger partial charge in [-0.1, -0.05) is 26.7 Å². The molecule has 0 aliphatic heterocycles. The Bertz CT molecular complexity index is 516. The fourth-order valence-electron chi connectivity index (χ4n) is 2.91. The van der Waals surface area contributed by atoms with Gasteiger partial charge in [-0.25, -0.2) is 4.98 Å². The van der Waals surface area contributed by atoms with Gasteiger partial charge >= 0.3 is 5.69 Å².